The van der Waals surface area contributed by atoms with Gasteiger partial charge >= 0.3 is 5.97 Å². The van der Waals surface area contributed by atoms with Gasteiger partial charge in [-0.1, -0.05) is 18.2 Å². The number of nitrogens with one attached hydrogen (secondary N) is 1. The van der Waals surface area contributed by atoms with E-state index >= 15 is 0 Å². The molecule has 2 unspecified atom stereocenters. The Morgan fingerprint density at radius 2 is 2.12 bits per heavy atom. The molecule has 3 rings (SSSR count). The minimum Gasteiger partial charge on any atom is -0.469 e. The standard InChI is InChI=1S/C19H23NO5/c1-23-19(22)15(11-20-18(21)14-5-3-2-4-6-14)9-13-7-8-16-17(10-13)25-12-24-16/h2-3,7-8,10,14-15H,4-6,9,11-12H2,1H3,(H,20,21). The van der Waals surface area contributed by atoms with Gasteiger partial charge in [0.1, 0.15) is 0 Å². The number of hydrogen-bond acceptors (Lipinski definition) is 5. The highest BCUT2D eigenvalue weighted by atomic mass is 16.7. The zero-order chi connectivity index (χ0) is 17.6. The molecule has 6 nitrogen and oxygen atoms in total. The molecular weight excluding hydrogens is 322 g/mol. The fourth-order valence-electron chi connectivity index (χ4n) is 3.16. The van der Waals surface area contributed by atoms with Crippen LogP contribution < -0.4 is 14.8 Å². The van der Waals surface area contributed by atoms with Gasteiger partial charge in [0.15, 0.2) is 11.5 Å². The number of amides is 1. The van der Waals surface area contributed by atoms with E-state index in [-0.39, 0.29) is 31.1 Å². The van der Waals surface area contributed by atoms with Gasteiger partial charge in [0.05, 0.1) is 13.0 Å². The Bertz CT molecular complexity index is 670. The fraction of sp³-hybridized carbons (Fsp3) is 0.474. The van der Waals surface area contributed by atoms with Crippen LogP contribution in [0.5, 0.6) is 11.5 Å². The molecule has 6 heteroatoms. The molecule has 2 aliphatic rings. The predicted molar refractivity (Wildman–Crippen MR) is 91.3 cm³/mol. The zero-order valence-corrected chi connectivity index (χ0v) is 14.3. The predicted octanol–water partition coefficient (Wildman–Crippen LogP) is 2.22. The molecule has 2 atom stereocenters. The topological polar surface area (TPSA) is 73.9 Å². The molecule has 1 N–H and O–H groups in total. The molecule has 25 heavy (non-hydrogen) atoms. The third-order valence-electron chi connectivity index (χ3n) is 4.62. The van der Waals surface area contributed by atoms with Gasteiger partial charge in [-0.05, 0) is 43.4 Å². The Morgan fingerprint density at radius 1 is 1.28 bits per heavy atom. The van der Waals surface area contributed by atoms with Crippen molar-refractivity contribution in [2.75, 3.05) is 20.4 Å². The summed E-state index contributed by atoms with van der Waals surface area (Å²) >= 11 is 0. The summed E-state index contributed by atoms with van der Waals surface area (Å²) in [5.74, 6) is 0.615. The number of carbonyl (C=O) groups excluding carboxylic acids is 2. The van der Waals surface area contributed by atoms with Gasteiger partial charge in [-0.2, -0.15) is 0 Å². The number of carbonyl (C=O) groups is 2. The molecule has 1 amide bonds. The summed E-state index contributed by atoms with van der Waals surface area (Å²) in [5.41, 5.74) is 0.939. The molecule has 0 bridgehead atoms. The summed E-state index contributed by atoms with van der Waals surface area (Å²) < 4.78 is 15.6. The molecule has 0 radical (unpaired) electrons. The summed E-state index contributed by atoms with van der Waals surface area (Å²) in [6, 6.07) is 5.60. The first-order valence-corrected chi connectivity index (χ1v) is 8.56. The Balaban J connectivity index is 1.60. The number of esters is 1. The van der Waals surface area contributed by atoms with E-state index < -0.39 is 5.92 Å². The van der Waals surface area contributed by atoms with Gasteiger partial charge in [-0.15, -0.1) is 0 Å². The highest BCUT2D eigenvalue weighted by Crippen LogP contribution is 2.33. The van der Waals surface area contributed by atoms with Crippen molar-refractivity contribution in [2.45, 2.75) is 25.7 Å². The van der Waals surface area contributed by atoms with Crippen LogP contribution in [0.1, 0.15) is 24.8 Å². The van der Waals surface area contributed by atoms with Crippen LogP contribution in [0.4, 0.5) is 0 Å². The van der Waals surface area contributed by atoms with Crippen molar-refractivity contribution in [3.8, 4) is 11.5 Å². The van der Waals surface area contributed by atoms with E-state index in [0.29, 0.717) is 17.9 Å². The van der Waals surface area contributed by atoms with E-state index in [1.165, 1.54) is 7.11 Å². The quantitative estimate of drug-likeness (QED) is 0.632. The van der Waals surface area contributed by atoms with Gasteiger partial charge in [-0.25, -0.2) is 0 Å². The zero-order valence-electron chi connectivity index (χ0n) is 14.3. The lowest BCUT2D eigenvalue weighted by Gasteiger charge is -2.20. The second-order valence-electron chi connectivity index (χ2n) is 6.34. The Labute approximate surface area is 147 Å². The Kier molecular flexibility index (Phi) is 5.58. The lowest BCUT2D eigenvalue weighted by molar-refractivity contribution is -0.145. The monoisotopic (exact) mass is 345 g/mol. The Morgan fingerprint density at radius 3 is 2.88 bits per heavy atom. The molecule has 134 valence electrons. The van der Waals surface area contributed by atoms with Gasteiger partial charge in [0.2, 0.25) is 12.7 Å². The van der Waals surface area contributed by atoms with Gasteiger partial charge in [-0.3, -0.25) is 9.59 Å². The number of methoxy groups -OCH3 is 1. The molecule has 0 fully saturated rings. The molecule has 1 heterocycles. The van der Waals surface area contributed by atoms with Crippen LogP contribution in [0, 0.1) is 11.8 Å². The first-order valence-electron chi connectivity index (χ1n) is 8.56. The fourth-order valence-corrected chi connectivity index (χ4v) is 3.16. The van der Waals surface area contributed by atoms with Crippen molar-refractivity contribution in [1.82, 2.24) is 5.32 Å². The van der Waals surface area contributed by atoms with Crippen LogP contribution in [0.3, 0.4) is 0 Å². The average Bonchev–Trinajstić information content (AvgIpc) is 3.12. The molecule has 0 spiro atoms. The van der Waals surface area contributed by atoms with Crippen LogP contribution in [0.25, 0.3) is 0 Å². The summed E-state index contributed by atoms with van der Waals surface area (Å²) in [6.45, 7) is 0.477. The molecule has 0 saturated carbocycles. The highest BCUT2D eigenvalue weighted by Gasteiger charge is 2.24. The second kappa shape index (κ2) is 8.05. The van der Waals surface area contributed by atoms with Crippen LogP contribution >= 0.6 is 0 Å². The minimum absolute atomic E-state index is 0.00365. The first-order chi connectivity index (χ1) is 12.2. The maximum atomic E-state index is 12.3. The second-order valence-corrected chi connectivity index (χ2v) is 6.34. The van der Waals surface area contributed by atoms with E-state index in [9.17, 15) is 9.59 Å². The maximum Gasteiger partial charge on any atom is 0.310 e. The number of rotatable bonds is 6. The summed E-state index contributed by atoms with van der Waals surface area (Å²) in [5, 5.41) is 2.91. The molecule has 1 aliphatic heterocycles. The average molecular weight is 345 g/mol. The van der Waals surface area contributed by atoms with Crippen molar-refractivity contribution in [1.29, 1.82) is 0 Å². The van der Waals surface area contributed by atoms with Crippen molar-refractivity contribution < 1.29 is 23.8 Å². The number of fused-ring (bicyclic) bond motifs is 1. The van der Waals surface area contributed by atoms with Crippen LogP contribution in [-0.2, 0) is 20.7 Å². The van der Waals surface area contributed by atoms with Gasteiger partial charge in [0.25, 0.3) is 0 Å². The maximum absolute atomic E-state index is 12.3. The van der Waals surface area contributed by atoms with Crippen molar-refractivity contribution >= 4 is 11.9 Å². The van der Waals surface area contributed by atoms with Gasteiger partial charge < -0.3 is 19.5 Å². The number of allylic oxidation sites excluding steroid dienone is 2. The van der Waals surface area contributed by atoms with Crippen molar-refractivity contribution in [2.24, 2.45) is 11.8 Å². The van der Waals surface area contributed by atoms with Crippen molar-refractivity contribution in [3.63, 3.8) is 0 Å². The number of benzene rings is 1. The van der Waals surface area contributed by atoms with Crippen LogP contribution in [0.2, 0.25) is 0 Å². The van der Waals surface area contributed by atoms with E-state index in [2.05, 4.69) is 11.4 Å². The third kappa shape index (κ3) is 4.32. The van der Waals surface area contributed by atoms with Gasteiger partial charge in [0, 0.05) is 12.5 Å². The van der Waals surface area contributed by atoms with Crippen LogP contribution in [-0.4, -0.2) is 32.3 Å². The van der Waals surface area contributed by atoms with E-state index in [1.807, 2.05) is 24.3 Å². The highest BCUT2D eigenvalue weighted by molar-refractivity contribution is 5.80. The summed E-state index contributed by atoms with van der Waals surface area (Å²) in [4.78, 5) is 24.4. The van der Waals surface area contributed by atoms with Crippen molar-refractivity contribution in [3.05, 3.63) is 35.9 Å². The van der Waals surface area contributed by atoms with E-state index in [4.69, 9.17) is 14.2 Å². The molecule has 1 aliphatic carbocycles. The van der Waals surface area contributed by atoms with E-state index in [1.54, 1.807) is 0 Å². The molecule has 0 aromatic heterocycles. The largest absolute Gasteiger partial charge is 0.469 e. The van der Waals surface area contributed by atoms with Crippen LogP contribution in [0.15, 0.2) is 30.4 Å². The normalized spacial score (nSPS) is 19.3. The molecule has 1 aromatic carbocycles. The molecular formula is C19H23NO5. The number of hydrogen-bond donors (Lipinski definition) is 1. The summed E-state index contributed by atoms with van der Waals surface area (Å²) in [6.07, 6.45) is 7.15. The number of ether oxygens (including phenoxy) is 3. The molecule has 0 saturated heterocycles. The lowest BCUT2D eigenvalue weighted by atomic mass is 9.93. The smallest absolute Gasteiger partial charge is 0.310 e. The third-order valence-corrected chi connectivity index (χ3v) is 4.62. The minimum atomic E-state index is -0.437. The lowest BCUT2D eigenvalue weighted by Crippen LogP contribution is -2.38. The first kappa shape index (κ1) is 17.3. The SMILES string of the molecule is COC(=O)C(CNC(=O)C1CC=CCC1)Cc1ccc2c(c1)OCO2. The van der Waals surface area contributed by atoms with E-state index in [0.717, 1.165) is 24.8 Å². The molecule has 1 aromatic rings. The summed E-state index contributed by atoms with van der Waals surface area (Å²) in [7, 11) is 1.36. The Hall–Kier alpha value is -2.50.